The average molecular weight is 531 g/mol. The van der Waals surface area contributed by atoms with Crippen LogP contribution in [-0.2, 0) is 0 Å². The maximum Gasteiger partial charge on any atom is 0.203 e. The second-order valence-corrected chi connectivity index (χ2v) is 8.57. The number of hydrogen-bond donors (Lipinski definition) is 3. The van der Waals surface area contributed by atoms with Gasteiger partial charge in [-0.15, -0.1) is 0 Å². The summed E-state index contributed by atoms with van der Waals surface area (Å²) in [6.07, 6.45) is 0. The fourth-order valence-electron chi connectivity index (χ4n) is 4.50. The molecule has 0 aliphatic heterocycles. The van der Waals surface area contributed by atoms with Crippen LogP contribution in [0.4, 0.5) is 0 Å². The van der Waals surface area contributed by atoms with Gasteiger partial charge in [0.15, 0.2) is 23.0 Å². The van der Waals surface area contributed by atoms with Crippen molar-refractivity contribution in [2.45, 2.75) is 0 Å². The number of ether oxygens (including phenoxy) is 6. The van der Waals surface area contributed by atoms with Gasteiger partial charge in [-0.2, -0.15) is 5.10 Å². The lowest BCUT2D eigenvalue weighted by Gasteiger charge is -2.13. The highest BCUT2D eigenvalue weighted by atomic mass is 16.5. The zero-order valence-electron chi connectivity index (χ0n) is 22.6. The van der Waals surface area contributed by atoms with E-state index < -0.39 is 0 Å². The molecular weight excluding hydrogens is 500 g/mol. The molecule has 3 N–H and O–H groups in total. The molecule has 10 heteroatoms. The predicted molar refractivity (Wildman–Crippen MR) is 148 cm³/mol. The van der Waals surface area contributed by atoms with Crippen LogP contribution in [0.25, 0.3) is 45.3 Å². The number of nitrogens with zero attached hydrogens (tertiary/aromatic N) is 1. The summed E-state index contributed by atoms with van der Waals surface area (Å²) in [5.41, 5.74) is 6.93. The highest BCUT2D eigenvalue weighted by molar-refractivity contribution is 5.75. The van der Waals surface area contributed by atoms with Gasteiger partial charge >= 0.3 is 0 Å². The molecule has 0 radical (unpaired) electrons. The SMILES string of the molecule is COc1cc(-c2ccc(-c3cc(-c4ccc(-c5cc(OC)c(OC)c(OC)c5)[nH]4)[nH]n3)[nH]2)cc(OC)c1OC. The predicted octanol–water partition coefficient (Wildman–Crippen LogP) is 5.79. The summed E-state index contributed by atoms with van der Waals surface area (Å²) in [5.74, 6) is 3.43. The molecule has 0 aliphatic carbocycles. The monoisotopic (exact) mass is 530 g/mol. The summed E-state index contributed by atoms with van der Waals surface area (Å²) >= 11 is 0. The zero-order chi connectivity index (χ0) is 27.5. The normalized spacial score (nSPS) is 10.8. The third-order valence-electron chi connectivity index (χ3n) is 6.47. The molecule has 0 saturated heterocycles. The Kier molecular flexibility index (Phi) is 7.09. The lowest BCUT2D eigenvalue weighted by molar-refractivity contribution is 0.324. The van der Waals surface area contributed by atoms with Gasteiger partial charge < -0.3 is 38.4 Å². The lowest BCUT2D eigenvalue weighted by Crippen LogP contribution is -1.95. The third-order valence-corrected chi connectivity index (χ3v) is 6.47. The molecule has 5 aromatic rings. The smallest absolute Gasteiger partial charge is 0.203 e. The van der Waals surface area contributed by atoms with Crippen LogP contribution in [0.1, 0.15) is 0 Å². The van der Waals surface area contributed by atoms with Crippen molar-refractivity contribution < 1.29 is 28.4 Å². The molecule has 0 fully saturated rings. The highest BCUT2D eigenvalue weighted by Gasteiger charge is 2.17. The Morgan fingerprint density at radius 1 is 0.462 bits per heavy atom. The number of aromatic amines is 3. The summed E-state index contributed by atoms with van der Waals surface area (Å²) in [6, 6.07) is 17.5. The van der Waals surface area contributed by atoms with Gasteiger partial charge in [-0.05, 0) is 54.6 Å². The first-order valence-corrected chi connectivity index (χ1v) is 12.1. The van der Waals surface area contributed by atoms with Gasteiger partial charge in [0.25, 0.3) is 0 Å². The minimum absolute atomic E-state index is 0.546. The van der Waals surface area contributed by atoms with Crippen molar-refractivity contribution in [2.24, 2.45) is 0 Å². The first-order valence-electron chi connectivity index (χ1n) is 12.1. The first-order chi connectivity index (χ1) is 19.0. The van der Waals surface area contributed by atoms with Gasteiger partial charge in [0.2, 0.25) is 11.5 Å². The van der Waals surface area contributed by atoms with E-state index in [0.29, 0.717) is 34.5 Å². The van der Waals surface area contributed by atoms with E-state index in [1.54, 1.807) is 42.7 Å². The molecule has 3 aromatic heterocycles. The summed E-state index contributed by atoms with van der Waals surface area (Å²) in [4.78, 5) is 6.88. The Bertz CT molecular complexity index is 1430. The number of rotatable bonds is 10. The summed E-state index contributed by atoms with van der Waals surface area (Å²) < 4.78 is 32.9. The van der Waals surface area contributed by atoms with Gasteiger partial charge in [0.05, 0.1) is 59.7 Å². The zero-order valence-corrected chi connectivity index (χ0v) is 22.6. The Balaban J connectivity index is 1.42. The van der Waals surface area contributed by atoms with Crippen LogP contribution < -0.4 is 28.4 Å². The molecule has 39 heavy (non-hydrogen) atoms. The number of nitrogens with one attached hydrogen (secondary N) is 3. The van der Waals surface area contributed by atoms with E-state index in [4.69, 9.17) is 28.4 Å². The molecule has 2 aromatic carbocycles. The highest BCUT2D eigenvalue weighted by Crippen LogP contribution is 2.42. The topological polar surface area (TPSA) is 116 Å². The van der Waals surface area contributed by atoms with Crippen LogP contribution in [0, 0.1) is 0 Å². The molecule has 202 valence electrons. The maximum atomic E-state index is 5.50. The van der Waals surface area contributed by atoms with E-state index in [0.717, 1.165) is 45.3 Å². The van der Waals surface area contributed by atoms with E-state index in [2.05, 4.69) is 20.2 Å². The van der Waals surface area contributed by atoms with Crippen LogP contribution in [0.5, 0.6) is 34.5 Å². The molecule has 10 nitrogen and oxygen atoms in total. The van der Waals surface area contributed by atoms with Gasteiger partial charge in [-0.1, -0.05) is 0 Å². The number of aromatic nitrogens is 4. The van der Waals surface area contributed by atoms with Crippen LogP contribution in [0.2, 0.25) is 0 Å². The standard InChI is InChI=1S/C29H30N4O6/c1-34-24-11-16(12-25(35-2)28(24)38-5)18-7-9-20(30-18)22-15-23(33-32-22)21-10-8-19(31-21)17-13-26(36-3)29(39-6)27(14-17)37-4/h7-15,30-31H,1-6H3,(H,32,33). The Morgan fingerprint density at radius 3 is 1.31 bits per heavy atom. The van der Waals surface area contributed by atoms with Crippen molar-refractivity contribution in [3.05, 3.63) is 54.6 Å². The molecule has 0 amide bonds. The summed E-state index contributed by atoms with van der Waals surface area (Å²) in [7, 11) is 9.56. The summed E-state index contributed by atoms with van der Waals surface area (Å²) in [5, 5.41) is 7.64. The van der Waals surface area contributed by atoms with Crippen LogP contribution in [-0.4, -0.2) is 62.8 Å². The molecule has 0 bridgehead atoms. The van der Waals surface area contributed by atoms with Crippen molar-refractivity contribution in [1.29, 1.82) is 0 Å². The summed E-state index contributed by atoms with van der Waals surface area (Å²) in [6.45, 7) is 0. The van der Waals surface area contributed by atoms with Crippen LogP contribution in [0.3, 0.4) is 0 Å². The van der Waals surface area contributed by atoms with Crippen molar-refractivity contribution >= 4 is 0 Å². The Labute approximate surface area is 225 Å². The largest absolute Gasteiger partial charge is 0.493 e. The average Bonchev–Trinajstić information content (AvgIpc) is 3.76. The molecule has 0 spiro atoms. The minimum Gasteiger partial charge on any atom is -0.493 e. The van der Waals surface area contributed by atoms with Crippen molar-refractivity contribution in [1.82, 2.24) is 20.2 Å². The molecule has 3 heterocycles. The van der Waals surface area contributed by atoms with Crippen molar-refractivity contribution in [3.8, 4) is 79.8 Å². The number of hydrogen-bond acceptors (Lipinski definition) is 7. The third kappa shape index (κ3) is 4.72. The van der Waals surface area contributed by atoms with Gasteiger partial charge in [0.1, 0.15) is 5.69 Å². The number of H-pyrrole nitrogens is 3. The minimum atomic E-state index is 0.546. The van der Waals surface area contributed by atoms with Crippen LogP contribution in [0.15, 0.2) is 54.6 Å². The maximum absolute atomic E-state index is 5.50. The second-order valence-electron chi connectivity index (χ2n) is 8.57. The van der Waals surface area contributed by atoms with E-state index in [1.165, 1.54) is 0 Å². The lowest BCUT2D eigenvalue weighted by atomic mass is 10.1. The van der Waals surface area contributed by atoms with E-state index in [-0.39, 0.29) is 0 Å². The molecule has 0 saturated carbocycles. The van der Waals surface area contributed by atoms with Gasteiger partial charge in [-0.25, -0.2) is 0 Å². The Morgan fingerprint density at radius 2 is 0.872 bits per heavy atom. The van der Waals surface area contributed by atoms with Crippen LogP contribution >= 0.6 is 0 Å². The Hall–Kier alpha value is -4.99. The fraction of sp³-hybridized carbons (Fsp3) is 0.207. The number of benzene rings is 2. The molecule has 5 rings (SSSR count). The second kappa shape index (κ2) is 10.8. The molecular formula is C29H30N4O6. The van der Waals surface area contributed by atoms with Crippen molar-refractivity contribution in [3.63, 3.8) is 0 Å². The van der Waals surface area contributed by atoms with E-state index >= 15 is 0 Å². The quantitative estimate of drug-likeness (QED) is 0.209. The first kappa shape index (κ1) is 25.7. The van der Waals surface area contributed by atoms with Crippen molar-refractivity contribution in [2.75, 3.05) is 42.7 Å². The molecule has 0 aliphatic rings. The van der Waals surface area contributed by atoms with E-state index in [9.17, 15) is 0 Å². The number of methoxy groups -OCH3 is 6. The molecule has 0 atom stereocenters. The van der Waals surface area contributed by atoms with Gasteiger partial charge in [0, 0.05) is 22.5 Å². The molecule has 0 unspecified atom stereocenters. The van der Waals surface area contributed by atoms with Gasteiger partial charge in [-0.3, -0.25) is 5.10 Å². The van der Waals surface area contributed by atoms with E-state index in [1.807, 2.05) is 54.6 Å². The fourth-order valence-corrected chi connectivity index (χ4v) is 4.50.